The lowest BCUT2D eigenvalue weighted by atomic mass is 10.2. The first-order valence-corrected chi connectivity index (χ1v) is 6.79. The molecule has 0 aliphatic rings. The van der Waals surface area contributed by atoms with Crippen LogP contribution < -0.4 is 10.5 Å². The van der Waals surface area contributed by atoms with Crippen LogP contribution in [-0.2, 0) is 5.75 Å². The maximum absolute atomic E-state index is 5.85. The quantitative estimate of drug-likeness (QED) is 0.609. The van der Waals surface area contributed by atoms with E-state index in [1.807, 2.05) is 23.9 Å². The number of thioether (sulfide) groups is 1. The molecule has 0 unspecified atom stereocenters. The van der Waals surface area contributed by atoms with E-state index in [0.717, 1.165) is 23.1 Å². The van der Waals surface area contributed by atoms with Crippen LogP contribution in [0, 0.1) is 5.92 Å². The number of nitrogens with two attached hydrogens (primary N) is 1. The van der Waals surface area contributed by atoms with Gasteiger partial charge in [-0.2, -0.15) is 11.8 Å². The van der Waals surface area contributed by atoms with Crippen molar-refractivity contribution < 1.29 is 4.74 Å². The molecule has 3 heteroatoms. The highest BCUT2D eigenvalue weighted by Crippen LogP contribution is 2.24. The Morgan fingerprint density at radius 3 is 2.69 bits per heavy atom. The molecule has 0 aliphatic carbocycles. The van der Waals surface area contributed by atoms with Gasteiger partial charge in [-0.3, -0.25) is 0 Å². The first kappa shape index (κ1) is 13.2. The Morgan fingerprint density at radius 2 is 2.12 bits per heavy atom. The van der Waals surface area contributed by atoms with Crippen molar-refractivity contribution in [3.63, 3.8) is 0 Å². The number of hydrogen-bond acceptors (Lipinski definition) is 3. The van der Waals surface area contributed by atoms with Crippen molar-refractivity contribution in [3.8, 4) is 5.75 Å². The zero-order valence-corrected chi connectivity index (χ0v) is 11.1. The normalized spacial score (nSPS) is 10.8. The lowest BCUT2D eigenvalue weighted by Gasteiger charge is -2.07. The molecule has 0 fully saturated rings. The standard InChI is InChI=1S/C13H21NOS/c1-10(2)6-7-16-9-11-4-5-13(15-3)12(14)8-11/h4-5,8,10H,6-7,9,14H2,1-3H3. The molecule has 0 saturated carbocycles. The number of nitrogen functional groups attached to an aromatic ring is 1. The maximum Gasteiger partial charge on any atom is 0.141 e. The number of ether oxygens (including phenoxy) is 1. The third-order valence-corrected chi connectivity index (χ3v) is 3.46. The molecule has 0 amide bonds. The second-order valence-electron chi connectivity index (χ2n) is 4.31. The molecule has 0 spiro atoms. The van der Waals surface area contributed by atoms with Gasteiger partial charge in [0, 0.05) is 5.75 Å². The van der Waals surface area contributed by atoms with Crippen LogP contribution in [-0.4, -0.2) is 12.9 Å². The van der Waals surface area contributed by atoms with Gasteiger partial charge in [0.25, 0.3) is 0 Å². The van der Waals surface area contributed by atoms with Gasteiger partial charge >= 0.3 is 0 Å². The van der Waals surface area contributed by atoms with E-state index in [0.29, 0.717) is 0 Å². The van der Waals surface area contributed by atoms with E-state index >= 15 is 0 Å². The molecule has 0 aromatic heterocycles. The predicted molar refractivity (Wildman–Crippen MR) is 73.0 cm³/mol. The lowest BCUT2D eigenvalue weighted by Crippen LogP contribution is -1.94. The maximum atomic E-state index is 5.85. The fourth-order valence-corrected chi connectivity index (χ4v) is 2.58. The van der Waals surface area contributed by atoms with Gasteiger partial charge in [0.05, 0.1) is 12.8 Å². The molecule has 1 aromatic rings. The molecule has 0 heterocycles. The van der Waals surface area contributed by atoms with Crippen molar-refractivity contribution in [2.45, 2.75) is 26.0 Å². The van der Waals surface area contributed by atoms with Crippen LogP contribution in [0.3, 0.4) is 0 Å². The first-order valence-electron chi connectivity index (χ1n) is 5.63. The third kappa shape index (κ3) is 4.35. The van der Waals surface area contributed by atoms with E-state index < -0.39 is 0 Å². The molecule has 2 N–H and O–H groups in total. The molecular weight excluding hydrogens is 218 g/mol. The van der Waals surface area contributed by atoms with Gasteiger partial charge in [0.15, 0.2) is 0 Å². The van der Waals surface area contributed by atoms with E-state index in [1.54, 1.807) is 7.11 Å². The van der Waals surface area contributed by atoms with Crippen LogP contribution in [0.1, 0.15) is 25.8 Å². The van der Waals surface area contributed by atoms with Gasteiger partial charge in [-0.25, -0.2) is 0 Å². The van der Waals surface area contributed by atoms with Gasteiger partial charge in [0.1, 0.15) is 5.75 Å². The number of benzene rings is 1. The number of methoxy groups -OCH3 is 1. The molecule has 0 saturated heterocycles. The van der Waals surface area contributed by atoms with E-state index in [2.05, 4.69) is 19.9 Å². The van der Waals surface area contributed by atoms with E-state index in [1.165, 1.54) is 17.7 Å². The summed E-state index contributed by atoms with van der Waals surface area (Å²) in [6, 6.07) is 6.02. The van der Waals surface area contributed by atoms with Crippen LogP contribution >= 0.6 is 11.8 Å². The minimum Gasteiger partial charge on any atom is -0.495 e. The zero-order valence-electron chi connectivity index (χ0n) is 10.3. The highest BCUT2D eigenvalue weighted by atomic mass is 32.2. The molecule has 0 bridgehead atoms. The number of anilines is 1. The largest absolute Gasteiger partial charge is 0.495 e. The Hall–Kier alpha value is -0.830. The number of rotatable bonds is 6. The van der Waals surface area contributed by atoms with Crippen LogP contribution in [0.15, 0.2) is 18.2 Å². The Balaban J connectivity index is 2.40. The fourth-order valence-electron chi connectivity index (χ4n) is 1.38. The molecule has 16 heavy (non-hydrogen) atoms. The van der Waals surface area contributed by atoms with E-state index in [-0.39, 0.29) is 0 Å². The van der Waals surface area contributed by atoms with Gasteiger partial charge in [0.2, 0.25) is 0 Å². The smallest absolute Gasteiger partial charge is 0.141 e. The molecule has 0 aliphatic heterocycles. The topological polar surface area (TPSA) is 35.2 Å². The van der Waals surface area contributed by atoms with E-state index in [4.69, 9.17) is 10.5 Å². The second-order valence-corrected chi connectivity index (χ2v) is 5.42. The summed E-state index contributed by atoms with van der Waals surface area (Å²) in [7, 11) is 1.64. The van der Waals surface area contributed by atoms with Crippen molar-refractivity contribution in [1.82, 2.24) is 0 Å². The molecule has 0 atom stereocenters. The lowest BCUT2D eigenvalue weighted by molar-refractivity contribution is 0.417. The van der Waals surface area contributed by atoms with Crippen molar-refractivity contribution in [2.24, 2.45) is 5.92 Å². The van der Waals surface area contributed by atoms with Gasteiger partial charge in [-0.15, -0.1) is 0 Å². The minimum atomic E-state index is 0.726. The molecule has 0 radical (unpaired) electrons. The second kappa shape index (κ2) is 6.69. The SMILES string of the molecule is COc1ccc(CSCCC(C)C)cc1N. The molecule has 1 aromatic carbocycles. The van der Waals surface area contributed by atoms with Gasteiger partial charge < -0.3 is 10.5 Å². The van der Waals surface area contributed by atoms with Crippen molar-refractivity contribution in [1.29, 1.82) is 0 Å². The van der Waals surface area contributed by atoms with Crippen molar-refractivity contribution in [2.75, 3.05) is 18.6 Å². The summed E-state index contributed by atoms with van der Waals surface area (Å²) in [4.78, 5) is 0. The van der Waals surface area contributed by atoms with Gasteiger partial charge in [-0.05, 0) is 35.8 Å². The summed E-state index contributed by atoms with van der Waals surface area (Å²) >= 11 is 1.96. The van der Waals surface area contributed by atoms with Gasteiger partial charge in [-0.1, -0.05) is 19.9 Å². The van der Waals surface area contributed by atoms with Crippen LogP contribution in [0.25, 0.3) is 0 Å². The summed E-state index contributed by atoms with van der Waals surface area (Å²) < 4.78 is 5.13. The third-order valence-electron chi connectivity index (χ3n) is 2.40. The predicted octanol–water partition coefficient (Wildman–Crippen LogP) is 3.56. The number of hydrogen-bond donors (Lipinski definition) is 1. The Bertz CT molecular complexity index is 326. The van der Waals surface area contributed by atoms with Crippen molar-refractivity contribution in [3.05, 3.63) is 23.8 Å². The minimum absolute atomic E-state index is 0.726. The molecule has 90 valence electrons. The van der Waals surface area contributed by atoms with E-state index in [9.17, 15) is 0 Å². The van der Waals surface area contributed by atoms with Crippen LogP contribution in [0.4, 0.5) is 5.69 Å². The zero-order chi connectivity index (χ0) is 12.0. The average Bonchev–Trinajstić information content (AvgIpc) is 2.24. The fraction of sp³-hybridized carbons (Fsp3) is 0.538. The summed E-state index contributed by atoms with van der Waals surface area (Å²) in [6.45, 7) is 4.51. The summed E-state index contributed by atoms with van der Waals surface area (Å²) in [5.41, 5.74) is 7.85. The average molecular weight is 239 g/mol. The monoisotopic (exact) mass is 239 g/mol. The summed E-state index contributed by atoms with van der Waals surface area (Å²) in [5.74, 6) is 3.79. The molecular formula is C13H21NOS. The highest BCUT2D eigenvalue weighted by Gasteiger charge is 2.01. The Labute approximate surface area is 103 Å². The summed E-state index contributed by atoms with van der Waals surface area (Å²) in [5, 5.41) is 0. The highest BCUT2D eigenvalue weighted by molar-refractivity contribution is 7.98. The summed E-state index contributed by atoms with van der Waals surface area (Å²) in [6.07, 6.45) is 1.27. The Kier molecular flexibility index (Phi) is 5.53. The van der Waals surface area contributed by atoms with Crippen LogP contribution in [0.5, 0.6) is 5.75 Å². The van der Waals surface area contributed by atoms with Crippen LogP contribution in [0.2, 0.25) is 0 Å². The first-order chi connectivity index (χ1) is 7.63. The Morgan fingerprint density at radius 1 is 1.38 bits per heavy atom. The molecule has 2 nitrogen and oxygen atoms in total. The molecule has 1 rings (SSSR count). The van der Waals surface area contributed by atoms with Crippen molar-refractivity contribution >= 4 is 17.4 Å².